The van der Waals surface area contributed by atoms with Gasteiger partial charge in [-0.3, -0.25) is 0 Å². The van der Waals surface area contributed by atoms with Crippen molar-refractivity contribution in [1.82, 2.24) is 10.2 Å². The van der Waals surface area contributed by atoms with Crippen LogP contribution < -0.4 is 5.14 Å². The average Bonchev–Trinajstić information content (AvgIpc) is 2.62. The third-order valence-electron chi connectivity index (χ3n) is 2.41. The maximum Gasteiger partial charge on any atom is 0.216 e. The molecule has 6 nitrogen and oxygen atoms in total. The summed E-state index contributed by atoms with van der Waals surface area (Å²) in [5.74, 6) is 0.910. The summed E-state index contributed by atoms with van der Waals surface area (Å²) in [5, 5.41) is 12.1. The van der Waals surface area contributed by atoms with Gasteiger partial charge in [0.2, 0.25) is 21.8 Å². The largest absolute Gasteiger partial charge is 0.426 e. The monoisotopic (exact) mass is 259 g/mol. The molecule has 0 radical (unpaired) electrons. The molecule has 0 aromatic carbocycles. The maximum absolute atomic E-state index is 11.3. The minimum Gasteiger partial charge on any atom is -0.426 e. The quantitative estimate of drug-likeness (QED) is 0.734. The van der Waals surface area contributed by atoms with Gasteiger partial charge in [0.25, 0.3) is 0 Å². The molecule has 0 aliphatic heterocycles. The van der Waals surface area contributed by atoms with Crippen LogP contribution in [0.15, 0.2) is 17.1 Å². The van der Waals surface area contributed by atoms with Crippen molar-refractivity contribution in [2.45, 2.75) is 37.9 Å². The summed E-state index contributed by atoms with van der Waals surface area (Å²) in [6.07, 6.45) is 3.56. The Hall–Kier alpha value is -1.21. The van der Waals surface area contributed by atoms with E-state index in [1.54, 1.807) is 13.0 Å². The summed E-state index contributed by atoms with van der Waals surface area (Å²) in [7, 11) is -3.54. The summed E-state index contributed by atoms with van der Waals surface area (Å²) >= 11 is 0. The van der Waals surface area contributed by atoms with E-state index in [9.17, 15) is 8.42 Å². The van der Waals surface area contributed by atoms with E-state index in [1.165, 1.54) is 0 Å². The first-order valence-electron chi connectivity index (χ1n) is 5.35. The lowest BCUT2D eigenvalue weighted by atomic mass is 10.1. The summed E-state index contributed by atoms with van der Waals surface area (Å²) in [4.78, 5) is 0. The molecule has 0 aliphatic rings. The van der Waals surface area contributed by atoms with Crippen LogP contribution in [0.5, 0.6) is 0 Å². The molecule has 0 amide bonds. The van der Waals surface area contributed by atoms with E-state index in [-0.39, 0.29) is 0 Å². The van der Waals surface area contributed by atoms with Gasteiger partial charge in [0.15, 0.2) is 0 Å². The van der Waals surface area contributed by atoms with E-state index >= 15 is 0 Å². The maximum atomic E-state index is 11.3. The fraction of sp³-hybridized carbons (Fsp3) is 0.600. The molecule has 1 heterocycles. The molecule has 0 fully saturated rings. The molecular formula is C10H17N3O3S. The Morgan fingerprint density at radius 1 is 1.47 bits per heavy atom. The number of aromatic nitrogens is 2. The Labute approximate surface area is 101 Å². The van der Waals surface area contributed by atoms with Crippen LogP contribution in [-0.2, 0) is 16.4 Å². The molecule has 96 valence electrons. The average molecular weight is 259 g/mol. The van der Waals surface area contributed by atoms with Crippen molar-refractivity contribution in [1.29, 1.82) is 0 Å². The first kappa shape index (κ1) is 13.9. The van der Waals surface area contributed by atoms with Gasteiger partial charge in [-0.1, -0.05) is 6.08 Å². The highest BCUT2D eigenvalue weighted by Crippen LogP contribution is 2.14. The lowest BCUT2D eigenvalue weighted by Gasteiger charge is -2.12. The highest BCUT2D eigenvalue weighted by molar-refractivity contribution is 7.89. The van der Waals surface area contributed by atoms with Crippen LogP contribution in [0.3, 0.4) is 0 Å². The molecule has 0 bridgehead atoms. The van der Waals surface area contributed by atoms with Crippen LogP contribution in [0.4, 0.5) is 0 Å². The minimum atomic E-state index is -3.54. The Morgan fingerprint density at radius 3 is 2.65 bits per heavy atom. The van der Waals surface area contributed by atoms with E-state index in [1.807, 2.05) is 0 Å². The lowest BCUT2D eigenvalue weighted by molar-refractivity contribution is 0.456. The number of allylic oxidation sites excluding steroid dienone is 1. The molecule has 0 saturated heterocycles. The predicted molar refractivity (Wildman–Crippen MR) is 63.7 cm³/mol. The van der Waals surface area contributed by atoms with E-state index in [0.717, 1.165) is 0 Å². The van der Waals surface area contributed by atoms with Crippen molar-refractivity contribution < 1.29 is 12.8 Å². The van der Waals surface area contributed by atoms with Crippen LogP contribution in [0.25, 0.3) is 0 Å². The summed E-state index contributed by atoms with van der Waals surface area (Å²) in [5.41, 5.74) is 0. The molecule has 1 rings (SSSR count). The number of nitrogens with zero attached hydrogens (tertiary/aromatic N) is 2. The Balaban J connectivity index is 2.58. The molecule has 1 aromatic rings. The van der Waals surface area contributed by atoms with Crippen molar-refractivity contribution in [3.05, 3.63) is 24.4 Å². The normalized spacial score (nSPS) is 13.5. The van der Waals surface area contributed by atoms with Crippen molar-refractivity contribution in [2.75, 3.05) is 0 Å². The molecule has 2 N–H and O–H groups in total. The number of aryl methyl sites for hydroxylation is 2. The number of hydrogen-bond donors (Lipinski definition) is 1. The van der Waals surface area contributed by atoms with Gasteiger partial charge in [-0.25, -0.2) is 13.6 Å². The zero-order chi connectivity index (χ0) is 12.9. The van der Waals surface area contributed by atoms with E-state index < -0.39 is 15.3 Å². The minimum absolute atomic E-state index is 0.383. The molecular weight excluding hydrogens is 242 g/mol. The second kappa shape index (κ2) is 5.92. The van der Waals surface area contributed by atoms with E-state index in [0.29, 0.717) is 37.5 Å². The fourth-order valence-electron chi connectivity index (χ4n) is 1.50. The van der Waals surface area contributed by atoms with Gasteiger partial charge in [0, 0.05) is 13.3 Å². The highest BCUT2D eigenvalue weighted by Gasteiger charge is 2.21. The Morgan fingerprint density at radius 2 is 2.18 bits per heavy atom. The second-order valence-corrected chi connectivity index (χ2v) is 5.68. The number of nitrogens with two attached hydrogens (primary N) is 1. The van der Waals surface area contributed by atoms with Crippen molar-refractivity contribution in [3.8, 4) is 0 Å². The van der Waals surface area contributed by atoms with Gasteiger partial charge in [-0.2, -0.15) is 0 Å². The predicted octanol–water partition coefficient (Wildman–Crippen LogP) is 0.934. The number of rotatable bonds is 7. The molecule has 1 atom stereocenters. The molecule has 0 aliphatic carbocycles. The summed E-state index contributed by atoms with van der Waals surface area (Å²) < 4.78 is 27.9. The molecule has 0 spiro atoms. The summed E-state index contributed by atoms with van der Waals surface area (Å²) in [6.45, 7) is 5.25. The van der Waals surface area contributed by atoms with Gasteiger partial charge >= 0.3 is 0 Å². The van der Waals surface area contributed by atoms with Crippen LogP contribution in [-0.4, -0.2) is 23.9 Å². The first-order valence-corrected chi connectivity index (χ1v) is 6.96. The van der Waals surface area contributed by atoms with Crippen LogP contribution in [0.2, 0.25) is 0 Å². The highest BCUT2D eigenvalue weighted by atomic mass is 32.2. The number of sulfonamides is 1. The van der Waals surface area contributed by atoms with Crippen LogP contribution in [0, 0.1) is 6.92 Å². The van der Waals surface area contributed by atoms with Crippen molar-refractivity contribution >= 4 is 10.0 Å². The van der Waals surface area contributed by atoms with Gasteiger partial charge in [-0.05, 0) is 19.3 Å². The van der Waals surface area contributed by atoms with Gasteiger partial charge in [-0.15, -0.1) is 16.8 Å². The number of primary sulfonamides is 1. The zero-order valence-electron chi connectivity index (χ0n) is 9.80. The van der Waals surface area contributed by atoms with Crippen LogP contribution >= 0.6 is 0 Å². The third-order valence-corrected chi connectivity index (χ3v) is 3.81. The Kier molecular flexibility index (Phi) is 4.83. The fourth-order valence-corrected chi connectivity index (χ4v) is 2.41. The molecule has 1 aromatic heterocycles. The first-order chi connectivity index (χ1) is 7.93. The van der Waals surface area contributed by atoms with Gasteiger partial charge < -0.3 is 4.42 Å². The smallest absolute Gasteiger partial charge is 0.216 e. The van der Waals surface area contributed by atoms with Gasteiger partial charge in [0.1, 0.15) is 0 Å². The SMILES string of the molecule is C=CCC[C@@H](CCc1nnc(C)o1)S(N)(=O)=O. The van der Waals surface area contributed by atoms with Crippen molar-refractivity contribution in [3.63, 3.8) is 0 Å². The molecule has 7 heteroatoms. The molecule has 0 saturated carbocycles. The number of hydrogen-bond acceptors (Lipinski definition) is 5. The molecule has 17 heavy (non-hydrogen) atoms. The topological polar surface area (TPSA) is 99.1 Å². The van der Waals surface area contributed by atoms with E-state index in [2.05, 4.69) is 16.8 Å². The van der Waals surface area contributed by atoms with Crippen LogP contribution in [0.1, 0.15) is 31.0 Å². The lowest BCUT2D eigenvalue weighted by Crippen LogP contribution is -2.29. The zero-order valence-corrected chi connectivity index (χ0v) is 10.6. The van der Waals surface area contributed by atoms with Gasteiger partial charge in [0.05, 0.1) is 5.25 Å². The van der Waals surface area contributed by atoms with E-state index in [4.69, 9.17) is 9.56 Å². The standard InChI is InChI=1S/C10H17N3O3S/c1-3-4-5-9(17(11,14)15)6-7-10-13-12-8(2)16-10/h3,9H,1,4-7H2,2H3,(H2,11,14,15)/t9-/m0/s1. The van der Waals surface area contributed by atoms with Crippen molar-refractivity contribution in [2.24, 2.45) is 5.14 Å². The second-order valence-electron chi connectivity index (χ2n) is 3.83. The third kappa shape index (κ3) is 4.66. The summed E-state index contributed by atoms with van der Waals surface area (Å²) in [6, 6.07) is 0. The Bertz CT molecular complexity index is 467. The molecule has 0 unspecified atom stereocenters.